The van der Waals surface area contributed by atoms with Crippen LogP contribution in [0.2, 0.25) is 0 Å². The minimum atomic E-state index is -3.65. The summed E-state index contributed by atoms with van der Waals surface area (Å²) < 4.78 is 39.0. The van der Waals surface area contributed by atoms with Gasteiger partial charge in [-0.2, -0.15) is 0 Å². The van der Waals surface area contributed by atoms with Gasteiger partial charge in [-0.15, -0.1) is 0 Å². The largest absolute Gasteiger partial charge is 0.396 e. The molecule has 4 nitrogen and oxygen atoms in total. The summed E-state index contributed by atoms with van der Waals surface area (Å²) in [5.74, 6) is -0.539. The number of sulfonamides is 1. The molecule has 0 saturated carbocycles. The normalized spacial score (nSPS) is 11.7. The molecule has 0 heterocycles. The van der Waals surface area contributed by atoms with Gasteiger partial charge in [0.1, 0.15) is 5.82 Å². The monoisotopic (exact) mass is 261 g/mol. The zero-order valence-electron chi connectivity index (χ0n) is 9.61. The Balaban J connectivity index is 2.72. The molecule has 1 aromatic rings. The number of hydrogen-bond acceptors (Lipinski definition) is 3. The lowest BCUT2D eigenvalue weighted by atomic mass is 10.2. The molecule has 1 rings (SSSR count). The van der Waals surface area contributed by atoms with Crippen LogP contribution in [-0.2, 0) is 10.0 Å². The SMILES string of the molecule is Cc1ccc(S(=O)(=O)NCCCCO)cc1F. The molecule has 0 aliphatic rings. The van der Waals surface area contributed by atoms with Gasteiger partial charge in [-0.25, -0.2) is 17.5 Å². The Morgan fingerprint density at radius 3 is 2.65 bits per heavy atom. The molecule has 0 aliphatic heterocycles. The first-order valence-corrected chi connectivity index (χ1v) is 6.82. The Kier molecular flexibility index (Phi) is 5.04. The van der Waals surface area contributed by atoms with Crippen LogP contribution in [0.5, 0.6) is 0 Å². The predicted octanol–water partition coefficient (Wildman–Crippen LogP) is 1.18. The number of aryl methyl sites for hydroxylation is 1. The fourth-order valence-corrected chi connectivity index (χ4v) is 2.35. The third-order valence-corrected chi connectivity index (χ3v) is 3.79. The fourth-order valence-electron chi connectivity index (χ4n) is 1.27. The third-order valence-electron chi connectivity index (χ3n) is 2.33. The molecule has 6 heteroatoms. The van der Waals surface area contributed by atoms with Crippen molar-refractivity contribution in [3.8, 4) is 0 Å². The van der Waals surface area contributed by atoms with E-state index in [0.717, 1.165) is 6.07 Å². The molecular weight excluding hydrogens is 245 g/mol. The number of unbranched alkanes of at least 4 members (excludes halogenated alkanes) is 1. The maximum Gasteiger partial charge on any atom is 0.240 e. The molecule has 17 heavy (non-hydrogen) atoms. The van der Waals surface area contributed by atoms with Gasteiger partial charge in [0.05, 0.1) is 4.90 Å². The number of rotatable bonds is 6. The molecule has 0 saturated heterocycles. The highest BCUT2D eigenvalue weighted by atomic mass is 32.2. The number of nitrogens with one attached hydrogen (secondary N) is 1. The molecule has 96 valence electrons. The van der Waals surface area contributed by atoms with Gasteiger partial charge in [0.25, 0.3) is 0 Å². The van der Waals surface area contributed by atoms with Gasteiger partial charge in [0.2, 0.25) is 10.0 Å². The maximum atomic E-state index is 13.2. The Labute approximate surface area is 101 Å². The van der Waals surface area contributed by atoms with Crippen LogP contribution >= 0.6 is 0 Å². The van der Waals surface area contributed by atoms with E-state index in [2.05, 4.69) is 4.72 Å². The van der Waals surface area contributed by atoms with Crippen molar-refractivity contribution in [3.05, 3.63) is 29.6 Å². The van der Waals surface area contributed by atoms with Crippen molar-refractivity contribution >= 4 is 10.0 Å². The van der Waals surface area contributed by atoms with Crippen LogP contribution in [0, 0.1) is 12.7 Å². The van der Waals surface area contributed by atoms with E-state index in [4.69, 9.17) is 5.11 Å². The standard InChI is InChI=1S/C11H16FNO3S/c1-9-4-5-10(8-11(9)12)17(15,16)13-6-2-3-7-14/h4-5,8,13-14H,2-3,6-7H2,1H3. The average molecular weight is 261 g/mol. The molecule has 1 aromatic carbocycles. The van der Waals surface area contributed by atoms with Crippen molar-refractivity contribution in [1.29, 1.82) is 0 Å². The van der Waals surface area contributed by atoms with Gasteiger partial charge < -0.3 is 5.11 Å². The Morgan fingerprint density at radius 1 is 1.35 bits per heavy atom. The van der Waals surface area contributed by atoms with Crippen molar-refractivity contribution < 1.29 is 17.9 Å². The van der Waals surface area contributed by atoms with Gasteiger partial charge in [0.15, 0.2) is 0 Å². The summed E-state index contributed by atoms with van der Waals surface area (Å²) in [4.78, 5) is -0.0791. The van der Waals surface area contributed by atoms with Crippen LogP contribution in [0.15, 0.2) is 23.1 Å². The number of aliphatic hydroxyl groups excluding tert-OH is 1. The van der Waals surface area contributed by atoms with Crippen molar-refractivity contribution in [2.45, 2.75) is 24.7 Å². The quantitative estimate of drug-likeness (QED) is 0.756. The van der Waals surface area contributed by atoms with E-state index in [1.807, 2.05) is 0 Å². The minimum Gasteiger partial charge on any atom is -0.396 e. The molecule has 0 radical (unpaired) electrons. The number of hydrogen-bond donors (Lipinski definition) is 2. The average Bonchev–Trinajstić information content (AvgIpc) is 2.28. The highest BCUT2D eigenvalue weighted by Gasteiger charge is 2.14. The first-order chi connectivity index (χ1) is 7.97. The second kappa shape index (κ2) is 6.09. The molecule has 0 fully saturated rings. The van der Waals surface area contributed by atoms with Gasteiger partial charge >= 0.3 is 0 Å². The van der Waals surface area contributed by atoms with Crippen LogP contribution in [0.4, 0.5) is 4.39 Å². The highest BCUT2D eigenvalue weighted by molar-refractivity contribution is 7.89. The summed E-state index contributed by atoms with van der Waals surface area (Å²) in [6.45, 7) is 1.83. The van der Waals surface area contributed by atoms with E-state index in [-0.39, 0.29) is 18.0 Å². The molecule has 0 amide bonds. The van der Waals surface area contributed by atoms with E-state index in [9.17, 15) is 12.8 Å². The molecule has 0 spiro atoms. The summed E-state index contributed by atoms with van der Waals surface area (Å²) in [5, 5.41) is 8.55. The first kappa shape index (κ1) is 14.1. The third kappa shape index (κ3) is 4.07. The molecule has 0 aromatic heterocycles. The molecule has 0 aliphatic carbocycles. The van der Waals surface area contributed by atoms with E-state index in [1.54, 1.807) is 6.92 Å². The smallest absolute Gasteiger partial charge is 0.240 e. The van der Waals surface area contributed by atoms with E-state index in [0.29, 0.717) is 18.4 Å². The van der Waals surface area contributed by atoms with Crippen molar-refractivity contribution in [3.63, 3.8) is 0 Å². The molecule has 0 unspecified atom stereocenters. The molecule has 0 bridgehead atoms. The molecular formula is C11H16FNO3S. The Bertz CT molecular complexity index is 474. The van der Waals surface area contributed by atoms with Gasteiger partial charge in [0, 0.05) is 13.2 Å². The topological polar surface area (TPSA) is 66.4 Å². The van der Waals surface area contributed by atoms with Crippen molar-refractivity contribution in [2.75, 3.05) is 13.2 Å². The lowest BCUT2D eigenvalue weighted by Crippen LogP contribution is -2.25. The second-order valence-corrected chi connectivity index (χ2v) is 5.51. The van der Waals surface area contributed by atoms with Crippen molar-refractivity contribution in [1.82, 2.24) is 4.72 Å². The minimum absolute atomic E-state index is 0.0287. The molecule has 2 N–H and O–H groups in total. The lowest BCUT2D eigenvalue weighted by molar-refractivity contribution is 0.285. The summed E-state index contributed by atoms with van der Waals surface area (Å²) in [6, 6.07) is 3.80. The first-order valence-electron chi connectivity index (χ1n) is 5.34. The molecule has 0 atom stereocenters. The number of aliphatic hydroxyl groups is 1. The van der Waals surface area contributed by atoms with Gasteiger partial charge in [-0.1, -0.05) is 6.07 Å². The lowest BCUT2D eigenvalue weighted by Gasteiger charge is -2.07. The maximum absolute atomic E-state index is 13.2. The number of halogens is 1. The summed E-state index contributed by atoms with van der Waals surface area (Å²) in [6.07, 6.45) is 1.08. The highest BCUT2D eigenvalue weighted by Crippen LogP contribution is 2.13. The van der Waals surface area contributed by atoms with Gasteiger partial charge in [-0.05, 0) is 37.5 Å². The van der Waals surface area contributed by atoms with E-state index >= 15 is 0 Å². The van der Waals surface area contributed by atoms with E-state index < -0.39 is 15.8 Å². The van der Waals surface area contributed by atoms with Crippen LogP contribution in [0.25, 0.3) is 0 Å². The number of benzene rings is 1. The van der Waals surface area contributed by atoms with E-state index in [1.165, 1.54) is 12.1 Å². The van der Waals surface area contributed by atoms with Crippen molar-refractivity contribution in [2.24, 2.45) is 0 Å². The van der Waals surface area contributed by atoms with Crippen LogP contribution in [-0.4, -0.2) is 26.7 Å². The summed E-state index contributed by atoms with van der Waals surface area (Å²) in [5.41, 5.74) is 0.407. The second-order valence-electron chi connectivity index (χ2n) is 3.74. The zero-order valence-corrected chi connectivity index (χ0v) is 10.4. The Morgan fingerprint density at radius 2 is 2.06 bits per heavy atom. The van der Waals surface area contributed by atoms with Gasteiger partial charge in [-0.3, -0.25) is 0 Å². The van der Waals surface area contributed by atoms with Crippen LogP contribution in [0.1, 0.15) is 18.4 Å². The predicted molar refractivity (Wildman–Crippen MR) is 62.6 cm³/mol. The fraction of sp³-hybridized carbons (Fsp3) is 0.455. The van der Waals surface area contributed by atoms with Crippen LogP contribution in [0.3, 0.4) is 0 Å². The zero-order chi connectivity index (χ0) is 12.9. The van der Waals surface area contributed by atoms with Crippen LogP contribution < -0.4 is 4.72 Å². The summed E-state index contributed by atoms with van der Waals surface area (Å²) in [7, 11) is -3.65. The summed E-state index contributed by atoms with van der Waals surface area (Å²) >= 11 is 0. The Hall–Kier alpha value is -0.980.